The lowest BCUT2D eigenvalue weighted by atomic mass is 10.0. The van der Waals surface area contributed by atoms with Crippen LogP contribution in [-0.2, 0) is 6.18 Å². The third-order valence-corrected chi connectivity index (χ3v) is 5.80. The highest BCUT2D eigenvalue weighted by Crippen LogP contribution is 2.39. The number of carbonyl (C=O) groups is 1. The largest absolute Gasteiger partial charge is 0.497 e. The third kappa shape index (κ3) is 6.54. The second kappa shape index (κ2) is 11.3. The molecule has 0 aliphatic heterocycles. The Labute approximate surface area is 211 Å². The van der Waals surface area contributed by atoms with Gasteiger partial charge in [0.1, 0.15) is 22.9 Å². The molecule has 37 heavy (non-hydrogen) atoms. The van der Waals surface area contributed by atoms with Crippen LogP contribution in [0.4, 0.5) is 13.2 Å². The van der Waals surface area contributed by atoms with Crippen molar-refractivity contribution in [3.63, 3.8) is 0 Å². The van der Waals surface area contributed by atoms with E-state index in [4.69, 9.17) is 14.2 Å². The van der Waals surface area contributed by atoms with Crippen molar-refractivity contribution in [3.8, 4) is 28.5 Å². The lowest BCUT2D eigenvalue weighted by Gasteiger charge is -2.17. The maximum absolute atomic E-state index is 13.9. The number of benzene rings is 2. The van der Waals surface area contributed by atoms with Gasteiger partial charge in [-0.15, -0.1) is 0 Å². The molecule has 1 fully saturated rings. The van der Waals surface area contributed by atoms with Gasteiger partial charge in [-0.05, 0) is 56.0 Å². The topological polar surface area (TPSA) is 94.9 Å². The summed E-state index contributed by atoms with van der Waals surface area (Å²) in [4.78, 5) is 20.6. The first-order chi connectivity index (χ1) is 17.8. The van der Waals surface area contributed by atoms with Gasteiger partial charge in [-0.1, -0.05) is 0 Å². The Morgan fingerprint density at radius 1 is 1.03 bits per heavy atom. The van der Waals surface area contributed by atoms with Crippen molar-refractivity contribution in [3.05, 3.63) is 65.6 Å². The molecule has 1 aromatic heterocycles. The Kier molecular flexibility index (Phi) is 7.90. The SMILES string of the molecule is COc1cc(/C=N/NC(=O)c2cncc(-c3ccc(OC4CCCC4)cc3C(F)(F)F)n2)cc(OC)c1. The molecule has 0 spiro atoms. The summed E-state index contributed by atoms with van der Waals surface area (Å²) in [6, 6.07) is 8.76. The van der Waals surface area contributed by atoms with Crippen LogP contribution in [0.2, 0.25) is 0 Å². The van der Waals surface area contributed by atoms with Gasteiger partial charge in [0.25, 0.3) is 5.91 Å². The quantitative estimate of drug-likeness (QED) is 0.325. The number of amides is 1. The fourth-order valence-electron chi connectivity index (χ4n) is 3.99. The summed E-state index contributed by atoms with van der Waals surface area (Å²) >= 11 is 0. The monoisotopic (exact) mass is 514 g/mol. The molecule has 1 aliphatic rings. The summed E-state index contributed by atoms with van der Waals surface area (Å²) in [5.74, 6) is 0.472. The highest BCUT2D eigenvalue weighted by atomic mass is 19.4. The van der Waals surface area contributed by atoms with Gasteiger partial charge >= 0.3 is 6.18 Å². The van der Waals surface area contributed by atoms with E-state index in [9.17, 15) is 18.0 Å². The van der Waals surface area contributed by atoms with Crippen LogP contribution in [0, 0.1) is 0 Å². The van der Waals surface area contributed by atoms with E-state index in [0.29, 0.717) is 17.1 Å². The van der Waals surface area contributed by atoms with E-state index < -0.39 is 17.6 Å². The number of rotatable bonds is 8. The van der Waals surface area contributed by atoms with E-state index >= 15 is 0 Å². The lowest BCUT2D eigenvalue weighted by molar-refractivity contribution is -0.137. The average Bonchev–Trinajstić information content (AvgIpc) is 3.41. The molecule has 0 radical (unpaired) electrons. The Bertz CT molecular complexity index is 1270. The van der Waals surface area contributed by atoms with Gasteiger partial charge in [0, 0.05) is 17.2 Å². The van der Waals surface area contributed by atoms with Crippen LogP contribution in [0.1, 0.15) is 47.3 Å². The van der Waals surface area contributed by atoms with E-state index in [1.807, 2.05) is 0 Å². The van der Waals surface area contributed by atoms with Crippen molar-refractivity contribution in [1.29, 1.82) is 0 Å². The number of aromatic nitrogens is 2. The van der Waals surface area contributed by atoms with Crippen LogP contribution in [0.25, 0.3) is 11.3 Å². The molecule has 1 aliphatic carbocycles. The fourth-order valence-corrected chi connectivity index (χ4v) is 3.99. The normalized spacial score (nSPS) is 14.1. The standard InChI is InChI=1S/C26H25F3N4O4/c1-35-19-9-16(10-20(11-19)36-2)13-31-33-25(34)24-15-30-14-23(32-24)21-8-7-18(12-22(21)26(27,28)29)37-17-5-3-4-6-17/h7-15,17H,3-6H2,1-2H3,(H,33,34)/b31-13+. The second-order valence-corrected chi connectivity index (χ2v) is 8.36. The molecule has 8 nitrogen and oxygen atoms in total. The number of nitrogens with zero attached hydrogens (tertiary/aromatic N) is 3. The first-order valence-electron chi connectivity index (χ1n) is 11.5. The highest BCUT2D eigenvalue weighted by molar-refractivity contribution is 5.93. The number of hydrogen-bond donors (Lipinski definition) is 1. The van der Waals surface area contributed by atoms with Gasteiger partial charge in [0.15, 0.2) is 0 Å². The predicted molar refractivity (Wildman–Crippen MR) is 130 cm³/mol. The molecule has 3 aromatic rings. The zero-order valence-corrected chi connectivity index (χ0v) is 20.2. The molecular formula is C26H25F3N4O4. The second-order valence-electron chi connectivity index (χ2n) is 8.36. The van der Waals surface area contributed by atoms with E-state index in [1.165, 1.54) is 38.8 Å². The summed E-state index contributed by atoms with van der Waals surface area (Å²) < 4.78 is 57.8. The average molecular weight is 515 g/mol. The van der Waals surface area contributed by atoms with Crippen LogP contribution in [0.3, 0.4) is 0 Å². The van der Waals surface area contributed by atoms with E-state index in [-0.39, 0.29) is 28.8 Å². The van der Waals surface area contributed by atoms with Crippen LogP contribution < -0.4 is 19.6 Å². The summed E-state index contributed by atoms with van der Waals surface area (Å²) in [5, 5.41) is 3.89. The molecule has 0 saturated heterocycles. The Hall–Kier alpha value is -4.15. The first-order valence-corrected chi connectivity index (χ1v) is 11.5. The maximum Gasteiger partial charge on any atom is 0.417 e. The lowest BCUT2D eigenvalue weighted by Crippen LogP contribution is -2.19. The molecule has 1 N–H and O–H groups in total. The number of alkyl halides is 3. The fraction of sp³-hybridized carbons (Fsp3) is 0.308. The smallest absolute Gasteiger partial charge is 0.417 e. The van der Waals surface area contributed by atoms with Crippen molar-refractivity contribution in [2.45, 2.75) is 38.0 Å². The van der Waals surface area contributed by atoms with Crippen LogP contribution >= 0.6 is 0 Å². The minimum Gasteiger partial charge on any atom is -0.497 e. The number of hydrogen-bond acceptors (Lipinski definition) is 7. The van der Waals surface area contributed by atoms with Gasteiger partial charge in [0.2, 0.25) is 0 Å². The Morgan fingerprint density at radius 3 is 2.38 bits per heavy atom. The molecule has 0 atom stereocenters. The molecule has 1 amide bonds. The van der Waals surface area contributed by atoms with Gasteiger partial charge in [-0.25, -0.2) is 10.4 Å². The van der Waals surface area contributed by atoms with Crippen LogP contribution in [0.15, 0.2) is 53.9 Å². The van der Waals surface area contributed by atoms with Crippen molar-refractivity contribution in [2.24, 2.45) is 5.10 Å². The zero-order valence-electron chi connectivity index (χ0n) is 20.2. The van der Waals surface area contributed by atoms with Crippen molar-refractivity contribution in [2.75, 3.05) is 14.2 Å². The zero-order chi connectivity index (χ0) is 26.4. The minimum atomic E-state index is -4.66. The van der Waals surface area contributed by atoms with Crippen molar-refractivity contribution >= 4 is 12.1 Å². The summed E-state index contributed by atoms with van der Waals surface area (Å²) in [6.45, 7) is 0. The van der Waals surface area contributed by atoms with Crippen molar-refractivity contribution in [1.82, 2.24) is 15.4 Å². The number of halogens is 3. The molecule has 11 heteroatoms. The number of carbonyl (C=O) groups excluding carboxylic acids is 1. The van der Waals surface area contributed by atoms with Crippen LogP contribution in [0.5, 0.6) is 17.2 Å². The highest BCUT2D eigenvalue weighted by Gasteiger charge is 2.35. The van der Waals surface area contributed by atoms with Crippen LogP contribution in [-0.4, -0.2) is 42.4 Å². The number of hydrazone groups is 1. The summed E-state index contributed by atoms with van der Waals surface area (Å²) in [6.07, 6.45) is 2.57. The predicted octanol–water partition coefficient (Wildman–Crippen LogP) is 5.26. The molecule has 2 aromatic carbocycles. The number of nitrogens with one attached hydrogen (secondary N) is 1. The molecule has 0 unspecified atom stereocenters. The molecule has 4 rings (SSSR count). The first kappa shape index (κ1) is 25.9. The van der Waals surface area contributed by atoms with E-state index in [0.717, 1.165) is 37.9 Å². The molecule has 0 bridgehead atoms. The number of ether oxygens (including phenoxy) is 3. The Morgan fingerprint density at radius 2 is 1.73 bits per heavy atom. The van der Waals surface area contributed by atoms with E-state index in [2.05, 4.69) is 20.5 Å². The van der Waals surface area contributed by atoms with Gasteiger partial charge in [-0.2, -0.15) is 18.3 Å². The molecule has 194 valence electrons. The van der Waals surface area contributed by atoms with E-state index in [1.54, 1.807) is 18.2 Å². The maximum atomic E-state index is 13.9. The molecule has 1 heterocycles. The van der Waals surface area contributed by atoms with Gasteiger partial charge in [-0.3, -0.25) is 9.78 Å². The van der Waals surface area contributed by atoms with Gasteiger partial charge in [0.05, 0.1) is 50.2 Å². The van der Waals surface area contributed by atoms with Gasteiger partial charge < -0.3 is 14.2 Å². The van der Waals surface area contributed by atoms with Crippen molar-refractivity contribution < 1.29 is 32.2 Å². The molecular weight excluding hydrogens is 489 g/mol. The Balaban J connectivity index is 1.54. The summed E-state index contributed by atoms with van der Waals surface area (Å²) in [7, 11) is 3.01. The summed E-state index contributed by atoms with van der Waals surface area (Å²) in [5.41, 5.74) is 1.46. The minimum absolute atomic E-state index is 0.0858. The molecule has 1 saturated carbocycles. The number of methoxy groups -OCH3 is 2. The third-order valence-electron chi connectivity index (χ3n) is 5.80.